The van der Waals surface area contributed by atoms with Gasteiger partial charge in [0.2, 0.25) is 0 Å². The van der Waals surface area contributed by atoms with Gasteiger partial charge in [0.1, 0.15) is 5.75 Å². The minimum atomic E-state index is 0.361. The van der Waals surface area contributed by atoms with Gasteiger partial charge in [0.05, 0.1) is 12.7 Å². The standard InChI is InChI=1S/C8H8BrNO2/c1-12-7-5-3-2-4-6(7)8(9)10-11/h2-5,11H,1H3/b10-8-. The molecule has 0 saturated carbocycles. The van der Waals surface area contributed by atoms with Crippen LogP contribution in [0.2, 0.25) is 0 Å². The molecule has 0 saturated heterocycles. The second-order valence-corrected chi connectivity index (χ2v) is 2.84. The molecule has 0 aliphatic heterocycles. The van der Waals surface area contributed by atoms with Crippen LogP contribution in [0.4, 0.5) is 0 Å². The Morgan fingerprint density at radius 2 is 2.17 bits per heavy atom. The van der Waals surface area contributed by atoms with Gasteiger partial charge in [-0.15, -0.1) is 0 Å². The van der Waals surface area contributed by atoms with E-state index in [1.807, 2.05) is 12.1 Å². The zero-order valence-electron chi connectivity index (χ0n) is 6.49. The first-order valence-electron chi connectivity index (χ1n) is 3.30. The third-order valence-corrected chi connectivity index (χ3v) is 2.00. The van der Waals surface area contributed by atoms with Crippen molar-refractivity contribution in [1.29, 1.82) is 0 Å². The quantitative estimate of drug-likeness (QED) is 0.480. The van der Waals surface area contributed by atoms with Crippen LogP contribution in [0.3, 0.4) is 0 Å². The third-order valence-electron chi connectivity index (χ3n) is 1.42. The number of nitrogens with zero attached hydrogens (tertiary/aromatic N) is 1. The summed E-state index contributed by atoms with van der Waals surface area (Å²) in [7, 11) is 1.57. The Balaban J connectivity index is 3.13. The Labute approximate surface area is 78.8 Å². The highest BCUT2D eigenvalue weighted by atomic mass is 79.9. The Morgan fingerprint density at radius 3 is 2.75 bits per heavy atom. The second-order valence-electron chi connectivity index (χ2n) is 2.09. The third kappa shape index (κ3) is 1.76. The van der Waals surface area contributed by atoms with E-state index >= 15 is 0 Å². The number of ether oxygens (including phenoxy) is 1. The monoisotopic (exact) mass is 229 g/mol. The highest BCUT2D eigenvalue weighted by Gasteiger charge is 2.05. The molecule has 1 rings (SSSR count). The first kappa shape index (κ1) is 9.06. The average Bonchev–Trinajstić information content (AvgIpc) is 2.16. The molecule has 1 aromatic rings. The molecular weight excluding hydrogens is 222 g/mol. The average molecular weight is 230 g/mol. The maximum absolute atomic E-state index is 8.49. The number of hydrogen-bond donors (Lipinski definition) is 1. The number of methoxy groups -OCH3 is 1. The lowest BCUT2D eigenvalue weighted by molar-refractivity contribution is 0.321. The molecule has 0 heterocycles. The number of para-hydroxylation sites is 1. The Bertz CT molecular complexity index is 299. The van der Waals surface area contributed by atoms with Crippen molar-refractivity contribution in [1.82, 2.24) is 0 Å². The molecule has 0 unspecified atom stereocenters. The fourth-order valence-corrected chi connectivity index (χ4v) is 1.20. The van der Waals surface area contributed by atoms with E-state index in [0.29, 0.717) is 10.4 Å². The maximum atomic E-state index is 8.49. The largest absolute Gasteiger partial charge is 0.496 e. The number of oxime groups is 1. The van der Waals surface area contributed by atoms with E-state index in [1.54, 1.807) is 19.2 Å². The summed E-state index contributed by atoms with van der Waals surface area (Å²) >= 11 is 3.10. The molecule has 0 spiro atoms. The lowest BCUT2D eigenvalue weighted by Gasteiger charge is -2.04. The normalized spacial score (nSPS) is 11.3. The molecule has 3 nitrogen and oxygen atoms in total. The topological polar surface area (TPSA) is 41.8 Å². The molecule has 0 aromatic heterocycles. The number of hydrogen-bond acceptors (Lipinski definition) is 3. The van der Waals surface area contributed by atoms with Gasteiger partial charge in [-0.3, -0.25) is 0 Å². The minimum Gasteiger partial charge on any atom is -0.496 e. The van der Waals surface area contributed by atoms with E-state index in [-0.39, 0.29) is 0 Å². The Morgan fingerprint density at radius 1 is 1.50 bits per heavy atom. The molecule has 4 heteroatoms. The summed E-state index contributed by atoms with van der Waals surface area (Å²) in [6.45, 7) is 0. The van der Waals surface area contributed by atoms with Crippen molar-refractivity contribution >= 4 is 20.6 Å². The first-order chi connectivity index (χ1) is 5.79. The summed E-state index contributed by atoms with van der Waals surface area (Å²) in [6, 6.07) is 7.27. The molecule has 1 N–H and O–H groups in total. The molecular formula is C8H8BrNO2. The number of rotatable bonds is 2. The van der Waals surface area contributed by atoms with Gasteiger partial charge in [-0.2, -0.15) is 0 Å². The molecule has 1 aromatic carbocycles. The lowest BCUT2D eigenvalue weighted by Crippen LogP contribution is -1.95. The van der Waals surface area contributed by atoms with Gasteiger partial charge in [0, 0.05) is 0 Å². The van der Waals surface area contributed by atoms with Gasteiger partial charge in [-0.1, -0.05) is 17.3 Å². The van der Waals surface area contributed by atoms with Crippen molar-refractivity contribution < 1.29 is 9.94 Å². The van der Waals surface area contributed by atoms with Crippen molar-refractivity contribution in [3.05, 3.63) is 29.8 Å². The summed E-state index contributed by atoms with van der Waals surface area (Å²) in [4.78, 5) is 0. The maximum Gasteiger partial charge on any atom is 0.156 e. The van der Waals surface area contributed by atoms with Crippen molar-refractivity contribution in [2.24, 2.45) is 5.16 Å². The Hall–Kier alpha value is -1.03. The van der Waals surface area contributed by atoms with Crippen LogP contribution >= 0.6 is 15.9 Å². The van der Waals surface area contributed by atoms with Gasteiger partial charge in [0.25, 0.3) is 0 Å². The van der Waals surface area contributed by atoms with E-state index in [0.717, 1.165) is 5.56 Å². The van der Waals surface area contributed by atoms with E-state index in [1.165, 1.54) is 0 Å². The molecule has 0 amide bonds. The SMILES string of the molecule is COc1ccccc1/C(Br)=N/O. The fourth-order valence-electron chi connectivity index (χ4n) is 0.869. The molecule has 0 bridgehead atoms. The van der Waals surface area contributed by atoms with Gasteiger partial charge < -0.3 is 9.94 Å². The molecule has 0 atom stereocenters. The van der Waals surface area contributed by atoms with Gasteiger partial charge in [-0.25, -0.2) is 0 Å². The van der Waals surface area contributed by atoms with Crippen LogP contribution in [0.25, 0.3) is 0 Å². The highest BCUT2D eigenvalue weighted by Crippen LogP contribution is 2.20. The summed E-state index contributed by atoms with van der Waals surface area (Å²) < 4.78 is 5.41. The number of halogens is 1. The molecule has 64 valence electrons. The van der Waals surface area contributed by atoms with Crippen LogP contribution < -0.4 is 4.74 Å². The van der Waals surface area contributed by atoms with Crippen LogP contribution in [-0.2, 0) is 0 Å². The molecule has 0 fully saturated rings. The van der Waals surface area contributed by atoms with Gasteiger partial charge in [-0.05, 0) is 28.1 Å². The van der Waals surface area contributed by atoms with Crippen LogP contribution in [0.5, 0.6) is 5.75 Å². The predicted molar refractivity (Wildman–Crippen MR) is 50.2 cm³/mol. The Kier molecular flexibility index (Phi) is 3.10. The first-order valence-corrected chi connectivity index (χ1v) is 4.10. The van der Waals surface area contributed by atoms with Crippen molar-refractivity contribution in [2.45, 2.75) is 0 Å². The van der Waals surface area contributed by atoms with Crippen LogP contribution in [-0.4, -0.2) is 16.9 Å². The van der Waals surface area contributed by atoms with E-state index < -0.39 is 0 Å². The zero-order valence-corrected chi connectivity index (χ0v) is 8.08. The van der Waals surface area contributed by atoms with Crippen LogP contribution in [0.1, 0.15) is 5.56 Å². The minimum absolute atomic E-state index is 0.361. The smallest absolute Gasteiger partial charge is 0.156 e. The number of benzene rings is 1. The van der Waals surface area contributed by atoms with Crippen molar-refractivity contribution in [3.63, 3.8) is 0 Å². The van der Waals surface area contributed by atoms with E-state index in [9.17, 15) is 0 Å². The summed E-state index contributed by atoms with van der Waals surface area (Å²) in [5.74, 6) is 0.669. The molecule has 0 aliphatic carbocycles. The predicted octanol–water partition coefficient (Wildman–Crippen LogP) is 2.23. The van der Waals surface area contributed by atoms with E-state index in [2.05, 4.69) is 21.1 Å². The molecule has 0 radical (unpaired) electrons. The summed E-state index contributed by atoms with van der Waals surface area (Å²) in [5, 5.41) is 11.5. The summed E-state index contributed by atoms with van der Waals surface area (Å²) in [5.41, 5.74) is 0.725. The lowest BCUT2D eigenvalue weighted by atomic mass is 10.2. The van der Waals surface area contributed by atoms with Crippen molar-refractivity contribution in [2.75, 3.05) is 7.11 Å². The zero-order chi connectivity index (χ0) is 8.97. The van der Waals surface area contributed by atoms with Gasteiger partial charge >= 0.3 is 0 Å². The highest BCUT2D eigenvalue weighted by molar-refractivity contribution is 9.18. The molecule has 12 heavy (non-hydrogen) atoms. The van der Waals surface area contributed by atoms with Crippen molar-refractivity contribution in [3.8, 4) is 5.75 Å². The van der Waals surface area contributed by atoms with Crippen LogP contribution in [0, 0.1) is 0 Å². The van der Waals surface area contributed by atoms with Gasteiger partial charge in [0.15, 0.2) is 4.62 Å². The molecule has 0 aliphatic rings. The fraction of sp³-hybridized carbons (Fsp3) is 0.125. The summed E-state index contributed by atoms with van der Waals surface area (Å²) in [6.07, 6.45) is 0. The van der Waals surface area contributed by atoms with E-state index in [4.69, 9.17) is 9.94 Å². The second kappa shape index (κ2) is 4.11. The van der Waals surface area contributed by atoms with Crippen LogP contribution in [0.15, 0.2) is 29.4 Å².